The highest BCUT2D eigenvalue weighted by molar-refractivity contribution is 4.96. The molecule has 2 saturated heterocycles. The Morgan fingerprint density at radius 2 is 1.80 bits per heavy atom. The molecule has 2 saturated carbocycles. The molecule has 2 aliphatic heterocycles. The third-order valence-electron chi connectivity index (χ3n) is 5.97. The number of nitrogens with zero attached hydrogens (tertiary/aromatic N) is 1. The Bertz CT molecular complexity index is 330. The van der Waals surface area contributed by atoms with E-state index in [9.17, 15) is 0 Å². The maximum absolute atomic E-state index is 6.52. The molecule has 4 fully saturated rings. The van der Waals surface area contributed by atoms with E-state index in [2.05, 4.69) is 10.2 Å². The van der Waals surface area contributed by atoms with Crippen LogP contribution in [0.25, 0.3) is 0 Å². The molecule has 3 heteroatoms. The lowest BCUT2D eigenvalue weighted by atomic mass is 9.98. The van der Waals surface area contributed by atoms with E-state index in [1.807, 2.05) is 0 Å². The Morgan fingerprint density at radius 1 is 0.950 bits per heavy atom. The van der Waals surface area contributed by atoms with Crippen LogP contribution in [0.15, 0.2) is 0 Å². The largest absolute Gasteiger partial charge is 0.370 e. The van der Waals surface area contributed by atoms with Crippen LogP contribution in [0, 0.1) is 0 Å². The van der Waals surface area contributed by atoms with Crippen LogP contribution in [0.2, 0.25) is 0 Å². The lowest BCUT2D eigenvalue weighted by Gasteiger charge is -2.30. The molecule has 4 aliphatic rings. The summed E-state index contributed by atoms with van der Waals surface area (Å²) in [5, 5.41) is 3.66. The number of hydrogen-bond acceptors (Lipinski definition) is 3. The van der Waals surface area contributed by atoms with Gasteiger partial charge < -0.3 is 10.1 Å². The molecular weight excluding hydrogens is 248 g/mol. The van der Waals surface area contributed by atoms with Gasteiger partial charge in [0.05, 0.1) is 11.7 Å². The van der Waals surface area contributed by atoms with Gasteiger partial charge in [-0.2, -0.15) is 0 Å². The van der Waals surface area contributed by atoms with Gasteiger partial charge in [-0.3, -0.25) is 4.90 Å². The Balaban J connectivity index is 1.31. The summed E-state index contributed by atoms with van der Waals surface area (Å²) in [6.07, 6.45) is 14.2. The molecule has 0 aromatic rings. The van der Waals surface area contributed by atoms with Gasteiger partial charge in [-0.15, -0.1) is 0 Å². The molecule has 0 aromatic heterocycles. The fraction of sp³-hybridized carbons (Fsp3) is 1.00. The highest BCUT2D eigenvalue weighted by atomic mass is 16.5. The van der Waals surface area contributed by atoms with Crippen molar-refractivity contribution in [3.63, 3.8) is 0 Å². The minimum atomic E-state index is 0.311. The number of rotatable bonds is 5. The van der Waals surface area contributed by atoms with Crippen molar-refractivity contribution in [2.45, 2.75) is 88.0 Å². The molecular formula is C17H30N2O. The molecule has 114 valence electrons. The van der Waals surface area contributed by atoms with Crippen LogP contribution in [0.4, 0.5) is 0 Å². The number of ether oxygens (including phenoxy) is 1. The molecule has 4 rings (SSSR count). The fourth-order valence-corrected chi connectivity index (χ4v) is 4.68. The summed E-state index contributed by atoms with van der Waals surface area (Å²) >= 11 is 0. The summed E-state index contributed by atoms with van der Waals surface area (Å²) in [4.78, 5) is 2.75. The van der Waals surface area contributed by atoms with E-state index in [-0.39, 0.29) is 0 Å². The molecule has 3 nitrogen and oxygen atoms in total. The van der Waals surface area contributed by atoms with E-state index in [4.69, 9.17) is 4.74 Å². The van der Waals surface area contributed by atoms with Gasteiger partial charge in [-0.05, 0) is 57.9 Å². The number of nitrogens with one attached hydrogen (secondary N) is 1. The van der Waals surface area contributed by atoms with Gasteiger partial charge in [0, 0.05) is 25.2 Å². The molecule has 2 atom stereocenters. The van der Waals surface area contributed by atoms with Gasteiger partial charge in [0.15, 0.2) is 0 Å². The van der Waals surface area contributed by atoms with Crippen LogP contribution in [0.1, 0.15) is 64.2 Å². The van der Waals surface area contributed by atoms with Crippen LogP contribution in [-0.2, 0) is 4.74 Å². The van der Waals surface area contributed by atoms with Crippen molar-refractivity contribution in [1.82, 2.24) is 10.2 Å². The lowest BCUT2D eigenvalue weighted by Crippen LogP contribution is -2.43. The van der Waals surface area contributed by atoms with E-state index in [1.54, 1.807) is 0 Å². The second kappa shape index (κ2) is 5.58. The Labute approximate surface area is 123 Å². The zero-order chi connectivity index (χ0) is 13.4. The zero-order valence-electron chi connectivity index (χ0n) is 12.8. The molecule has 2 aliphatic carbocycles. The minimum Gasteiger partial charge on any atom is -0.370 e. The van der Waals surface area contributed by atoms with Crippen LogP contribution in [-0.4, -0.2) is 48.3 Å². The highest BCUT2D eigenvalue weighted by Crippen LogP contribution is 2.43. The summed E-state index contributed by atoms with van der Waals surface area (Å²) in [7, 11) is 0. The molecule has 0 bridgehead atoms. The first-order chi connectivity index (χ1) is 9.83. The first-order valence-corrected chi connectivity index (χ1v) is 8.98. The second-order valence-electron chi connectivity index (χ2n) is 7.65. The third-order valence-corrected chi connectivity index (χ3v) is 5.97. The Kier molecular flexibility index (Phi) is 3.78. The van der Waals surface area contributed by atoms with Gasteiger partial charge in [-0.25, -0.2) is 0 Å². The third kappa shape index (κ3) is 2.90. The molecule has 2 unspecified atom stereocenters. The highest BCUT2D eigenvalue weighted by Gasteiger charge is 2.43. The summed E-state index contributed by atoms with van der Waals surface area (Å²) in [6, 6.07) is 1.62. The molecule has 2 heterocycles. The van der Waals surface area contributed by atoms with Gasteiger partial charge in [-0.1, -0.05) is 12.8 Å². The molecule has 20 heavy (non-hydrogen) atoms. The van der Waals surface area contributed by atoms with Crippen LogP contribution < -0.4 is 5.32 Å². The monoisotopic (exact) mass is 278 g/mol. The lowest BCUT2D eigenvalue weighted by molar-refractivity contribution is -0.0486. The first kappa shape index (κ1) is 13.5. The van der Waals surface area contributed by atoms with Crippen LogP contribution >= 0.6 is 0 Å². The maximum atomic E-state index is 6.52. The first-order valence-electron chi connectivity index (χ1n) is 8.98. The van der Waals surface area contributed by atoms with Gasteiger partial charge in [0.2, 0.25) is 0 Å². The predicted molar refractivity (Wildman–Crippen MR) is 80.9 cm³/mol. The molecule has 0 amide bonds. The van der Waals surface area contributed by atoms with Crippen molar-refractivity contribution in [2.24, 2.45) is 0 Å². The normalized spacial score (nSPS) is 36.5. The molecule has 1 spiro atoms. The maximum Gasteiger partial charge on any atom is 0.0710 e. The predicted octanol–water partition coefficient (Wildman–Crippen LogP) is 2.69. The van der Waals surface area contributed by atoms with E-state index in [0.717, 1.165) is 12.1 Å². The van der Waals surface area contributed by atoms with E-state index < -0.39 is 0 Å². The van der Waals surface area contributed by atoms with Crippen molar-refractivity contribution < 1.29 is 4.74 Å². The zero-order valence-corrected chi connectivity index (χ0v) is 12.8. The fourth-order valence-electron chi connectivity index (χ4n) is 4.68. The van der Waals surface area contributed by atoms with E-state index in [1.165, 1.54) is 83.8 Å². The topological polar surface area (TPSA) is 24.5 Å². The second-order valence-corrected chi connectivity index (χ2v) is 7.65. The van der Waals surface area contributed by atoms with Gasteiger partial charge in [0.25, 0.3) is 0 Å². The SMILES string of the molecule is C1CNC(CN(CC2CCC3(CCCC3)O2)C2CC2)C1. The Hall–Kier alpha value is -0.120. The van der Waals surface area contributed by atoms with Crippen molar-refractivity contribution in [3.8, 4) is 0 Å². The summed E-state index contributed by atoms with van der Waals surface area (Å²) in [6.45, 7) is 3.69. The van der Waals surface area contributed by atoms with Crippen LogP contribution in [0.5, 0.6) is 0 Å². The van der Waals surface area contributed by atoms with Crippen molar-refractivity contribution in [1.29, 1.82) is 0 Å². The van der Waals surface area contributed by atoms with Gasteiger partial charge in [0.1, 0.15) is 0 Å². The van der Waals surface area contributed by atoms with Crippen molar-refractivity contribution >= 4 is 0 Å². The summed E-state index contributed by atoms with van der Waals surface area (Å²) in [5.41, 5.74) is 0.311. The molecule has 0 radical (unpaired) electrons. The van der Waals surface area contributed by atoms with Crippen molar-refractivity contribution in [3.05, 3.63) is 0 Å². The van der Waals surface area contributed by atoms with E-state index in [0.29, 0.717) is 11.7 Å². The molecule has 1 N–H and O–H groups in total. The minimum absolute atomic E-state index is 0.311. The van der Waals surface area contributed by atoms with E-state index >= 15 is 0 Å². The Morgan fingerprint density at radius 3 is 2.50 bits per heavy atom. The summed E-state index contributed by atoms with van der Waals surface area (Å²) in [5.74, 6) is 0. The average Bonchev–Trinajstić information content (AvgIpc) is 2.88. The number of hydrogen-bond donors (Lipinski definition) is 1. The average molecular weight is 278 g/mol. The molecule has 0 aromatic carbocycles. The summed E-state index contributed by atoms with van der Waals surface area (Å²) < 4.78 is 6.52. The van der Waals surface area contributed by atoms with Crippen molar-refractivity contribution in [2.75, 3.05) is 19.6 Å². The van der Waals surface area contributed by atoms with Crippen LogP contribution in [0.3, 0.4) is 0 Å². The van der Waals surface area contributed by atoms with Gasteiger partial charge >= 0.3 is 0 Å². The quantitative estimate of drug-likeness (QED) is 0.837. The standard InChI is InChI=1S/C17H30N2O/c1-2-9-17(8-1)10-7-16(20-17)13-19(15-5-6-15)12-14-4-3-11-18-14/h14-16,18H,1-13H2. The smallest absolute Gasteiger partial charge is 0.0710 e.